The number of nitrogens with zero attached hydrogens (tertiary/aromatic N) is 3. The highest BCUT2D eigenvalue weighted by atomic mass is 79.9. The van der Waals surface area contributed by atoms with Crippen molar-refractivity contribution in [3.8, 4) is 11.6 Å². The first-order valence-corrected chi connectivity index (χ1v) is 5.01. The molecule has 0 aromatic heterocycles. The van der Waals surface area contributed by atoms with E-state index >= 15 is 0 Å². The Bertz CT molecular complexity index is 487. The van der Waals surface area contributed by atoms with Crippen molar-refractivity contribution in [1.82, 2.24) is 19.5 Å². The van der Waals surface area contributed by atoms with E-state index < -0.39 is 0 Å². The largest absolute Gasteiger partial charge is 0.348 e. The van der Waals surface area contributed by atoms with Gasteiger partial charge in [-0.05, 0) is 29.8 Å². The van der Waals surface area contributed by atoms with E-state index in [1.807, 2.05) is 18.4 Å². The minimum Gasteiger partial charge on any atom is -0.313 e. The van der Waals surface area contributed by atoms with E-state index in [0.29, 0.717) is 11.6 Å². The van der Waals surface area contributed by atoms with Gasteiger partial charge in [0.25, 0.3) is 0 Å². The molecule has 2 rings (SSSR count). The van der Waals surface area contributed by atoms with Crippen molar-refractivity contribution in [2.24, 2.45) is 0 Å². The Hall–Kier alpha value is -1.17. The van der Waals surface area contributed by atoms with Gasteiger partial charge >= 0.3 is 5.69 Å². The molecule has 5 nitrogen and oxygen atoms in total. The normalized spacial score (nSPS) is 11.4. The average Bonchev–Trinajstić information content (AvgIpc) is 2.43. The van der Waals surface area contributed by atoms with Crippen LogP contribution in [0.4, 0.5) is 0 Å². The minimum absolute atomic E-state index is 0.220. The molecule has 2 aliphatic heterocycles. The van der Waals surface area contributed by atoms with E-state index in [1.54, 1.807) is 6.20 Å². The summed E-state index contributed by atoms with van der Waals surface area (Å²) < 4.78 is 2.71. The SMILES string of the molecule is CC(C)n1c(Br)cnc2[nH]c(=O)nc1-2. The van der Waals surface area contributed by atoms with Crippen LogP contribution in [0.2, 0.25) is 0 Å². The van der Waals surface area contributed by atoms with Crippen LogP contribution < -0.4 is 5.69 Å². The molecular weight excluding hydrogens is 248 g/mol. The third kappa shape index (κ3) is 1.35. The fourth-order valence-corrected chi connectivity index (χ4v) is 2.04. The maximum Gasteiger partial charge on any atom is 0.348 e. The smallest absolute Gasteiger partial charge is 0.313 e. The van der Waals surface area contributed by atoms with Gasteiger partial charge in [-0.25, -0.2) is 9.78 Å². The number of hydrogen-bond donors (Lipinski definition) is 1. The molecular formula is C8H9BrN4O. The maximum absolute atomic E-state index is 11.0. The molecule has 1 N–H and O–H groups in total. The molecule has 2 aliphatic rings. The highest BCUT2D eigenvalue weighted by Gasteiger charge is 2.16. The van der Waals surface area contributed by atoms with Gasteiger partial charge in [0.15, 0.2) is 11.6 Å². The van der Waals surface area contributed by atoms with Crippen molar-refractivity contribution >= 4 is 15.9 Å². The fourth-order valence-electron chi connectivity index (χ4n) is 1.36. The van der Waals surface area contributed by atoms with E-state index in [0.717, 1.165) is 4.60 Å². The molecule has 0 unspecified atom stereocenters. The van der Waals surface area contributed by atoms with Crippen molar-refractivity contribution < 1.29 is 0 Å². The third-order valence-electron chi connectivity index (χ3n) is 1.92. The number of rotatable bonds is 1. The summed E-state index contributed by atoms with van der Waals surface area (Å²) in [6.45, 7) is 4.03. The molecule has 0 atom stereocenters. The van der Waals surface area contributed by atoms with Gasteiger partial charge in [0, 0.05) is 6.04 Å². The maximum atomic E-state index is 11.0. The Morgan fingerprint density at radius 3 is 2.93 bits per heavy atom. The minimum atomic E-state index is -0.361. The van der Waals surface area contributed by atoms with Crippen LogP contribution in [0, 0.1) is 0 Å². The molecule has 2 heterocycles. The summed E-state index contributed by atoms with van der Waals surface area (Å²) in [5.41, 5.74) is -0.361. The summed E-state index contributed by atoms with van der Waals surface area (Å²) in [5, 5.41) is 0. The predicted octanol–water partition coefficient (Wildman–Crippen LogP) is 1.41. The summed E-state index contributed by atoms with van der Waals surface area (Å²) >= 11 is 3.37. The van der Waals surface area contributed by atoms with Crippen LogP contribution in [0.5, 0.6) is 0 Å². The van der Waals surface area contributed by atoms with Crippen molar-refractivity contribution in [3.63, 3.8) is 0 Å². The number of hydrogen-bond acceptors (Lipinski definition) is 3. The highest BCUT2D eigenvalue weighted by Crippen LogP contribution is 2.23. The van der Waals surface area contributed by atoms with E-state index in [9.17, 15) is 4.79 Å². The second-order valence-corrected chi connectivity index (χ2v) is 4.07. The zero-order valence-electron chi connectivity index (χ0n) is 7.78. The molecule has 0 saturated carbocycles. The number of aromatic nitrogens is 4. The molecule has 0 aromatic carbocycles. The molecule has 0 amide bonds. The summed E-state index contributed by atoms with van der Waals surface area (Å²) in [4.78, 5) is 21.5. The van der Waals surface area contributed by atoms with Crippen LogP contribution in [0.15, 0.2) is 15.6 Å². The predicted molar refractivity (Wildman–Crippen MR) is 55.3 cm³/mol. The molecule has 0 bridgehead atoms. The van der Waals surface area contributed by atoms with Gasteiger partial charge in [0.05, 0.1) is 6.20 Å². The summed E-state index contributed by atoms with van der Waals surface area (Å²) in [6.07, 6.45) is 1.65. The standard InChI is InChI=1S/C8H9BrN4O/c1-4(2)13-5(9)3-10-6-7(13)12-8(14)11-6/h3-4H,1-2H3,(H,10,11,14). The number of nitrogens with one attached hydrogen (secondary N) is 1. The summed E-state index contributed by atoms with van der Waals surface area (Å²) in [7, 11) is 0. The molecule has 0 aliphatic carbocycles. The quantitative estimate of drug-likeness (QED) is 0.840. The van der Waals surface area contributed by atoms with Gasteiger partial charge in [0.1, 0.15) is 4.60 Å². The van der Waals surface area contributed by atoms with Gasteiger partial charge in [-0.1, -0.05) is 0 Å². The number of fused-ring (bicyclic) bond motifs is 1. The molecule has 14 heavy (non-hydrogen) atoms. The number of H-pyrrole nitrogens is 1. The zero-order chi connectivity index (χ0) is 10.3. The van der Waals surface area contributed by atoms with E-state index in [-0.39, 0.29) is 11.7 Å². The first kappa shape index (κ1) is 9.39. The van der Waals surface area contributed by atoms with E-state index in [4.69, 9.17) is 0 Å². The molecule has 0 radical (unpaired) electrons. The Labute approximate surface area is 88.7 Å². The first-order valence-electron chi connectivity index (χ1n) is 4.22. The average molecular weight is 257 g/mol. The lowest BCUT2D eigenvalue weighted by atomic mass is 10.3. The zero-order valence-corrected chi connectivity index (χ0v) is 9.37. The molecule has 0 fully saturated rings. The van der Waals surface area contributed by atoms with E-state index in [1.165, 1.54) is 0 Å². The number of imidazole rings is 1. The summed E-state index contributed by atoms with van der Waals surface area (Å²) in [6, 6.07) is 0.220. The lowest BCUT2D eigenvalue weighted by Crippen LogP contribution is -2.09. The van der Waals surface area contributed by atoms with Gasteiger partial charge < -0.3 is 4.57 Å². The third-order valence-corrected chi connectivity index (χ3v) is 2.51. The van der Waals surface area contributed by atoms with E-state index in [2.05, 4.69) is 30.9 Å². The highest BCUT2D eigenvalue weighted by molar-refractivity contribution is 9.10. The van der Waals surface area contributed by atoms with Gasteiger partial charge in [0.2, 0.25) is 0 Å². The van der Waals surface area contributed by atoms with Gasteiger partial charge in [-0.2, -0.15) is 4.98 Å². The molecule has 0 aromatic rings. The Balaban J connectivity index is 2.80. The van der Waals surface area contributed by atoms with Crippen molar-refractivity contribution in [2.75, 3.05) is 0 Å². The molecule has 6 heteroatoms. The van der Waals surface area contributed by atoms with Crippen molar-refractivity contribution in [3.05, 3.63) is 21.3 Å². The van der Waals surface area contributed by atoms with Crippen LogP contribution in [0.1, 0.15) is 19.9 Å². The fraction of sp³-hybridized carbons (Fsp3) is 0.375. The molecule has 74 valence electrons. The van der Waals surface area contributed by atoms with Gasteiger partial charge in [-0.15, -0.1) is 0 Å². The Kier molecular flexibility index (Phi) is 2.14. The molecule has 0 saturated heterocycles. The number of halogens is 1. The second kappa shape index (κ2) is 3.20. The number of aromatic amines is 1. The van der Waals surface area contributed by atoms with Crippen LogP contribution in [0.3, 0.4) is 0 Å². The van der Waals surface area contributed by atoms with Crippen molar-refractivity contribution in [1.29, 1.82) is 0 Å². The van der Waals surface area contributed by atoms with Crippen LogP contribution >= 0.6 is 15.9 Å². The Morgan fingerprint density at radius 1 is 1.57 bits per heavy atom. The monoisotopic (exact) mass is 256 g/mol. The topological polar surface area (TPSA) is 63.6 Å². The molecule has 0 spiro atoms. The van der Waals surface area contributed by atoms with Crippen molar-refractivity contribution in [2.45, 2.75) is 19.9 Å². The van der Waals surface area contributed by atoms with Crippen LogP contribution in [0.25, 0.3) is 11.6 Å². The summed E-state index contributed by atoms with van der Waals surface area (Å²) in [5.74, 6) is 1.10. The Morgan fingerprint density at radius 2 is 2.29 bits per heavy atom. The second-order valence-electron chi connectivity index (χ2n) is 3.26. The lowest BCUT2D eigenvalue weighted by molar-refractivity contribution is 0.579. The van der Waals surface area contributed by atoms with Gasteiger partial charge in [-0.3, -0.25) is 4.98 Å². The lowest BCUT2D eigenvalue weighted by Gasteiger charge is -2.15. The van der Waals surface area contributed by atoms with Crippen LogP contribution in [-0.4, -0.2) is 19.5 Å². The van der Waals surface area contributed by atoms with Crippen LogP contribution in [-0.2, 0) is 0 Å². The first-order chi connectivity index (χ1) is 6.59.